The van der Waals surface area contributed by atoms with Gasteiger partial charge in [0.1, 0.15) is 5.52 Å². The Balaban J connectivity index is 1.99. The summed E-state index contributed by atoms with van der Waals surface area (Å²) in [5.74, 6) is 0. The standard InChI is InChI=1S/C17H18N2O3/c1-17(22,8-10-20)13-6-4-12(5-7-13)14-11-19-9-2-3-15(19)16(21)18-14/h2-7,9,11,20,22H,8,10H2,1H3,(H,18,21). The maximum Gasteiger partial charge on any atom is 0.272 e. The smallest absolute Gasteiger partial charge is 0.272 e. The van der Waals surface area contributed by atoms with Gasteiger partial charge in [0.05, 0.1) is 11.3 Å². The van der Waals surface area contributed by atoms with Gasteiger partial charge in [0.15, 0.2) is 0 Å². The number of benzene rings is 1. The van der Waals surface area contributed by atoms with Crippen molar-refractivity contribution in [3.63, 3.8) is 0 Å². The molecule has 0 saturated heterocycles. The average molecular weight is 298 g/mol. The highest BCUT2D eigenvalue weighted by atomic mass is 16.3. The van der Waals surface area contributed by atoms with Crippen molar-refractivity contribution in [3.05, 3.63) is 64.7 Å². The first-order valence-corrected chi connectivity index (χ1v) is 7.15. The van der Waals surface area contributed by atoms with Crippen LogP contribution in [0, 0.1) is 0 Å². The summed E-state index contributed by atoms with van der Waals surface area (Å²) in [5.41, 5.74) is 1.70. The van der Waals surface area contributed by atoms with Gasteiger partial charge in [0.25, 0.3) is 5.56 Å². The minimum absolute atomic E-state index is 0.0770. The molecule has 0 amide bonds. The maximum absolute atomic E-state index is 12.0. The first kappa shape index (κ1) is 14.6. The first-order valence-electron chi connectivity index (χ1n) is 7.15. The van der Waals surface area contributed by atoms with E-state index in [9.17, 15) is 9.90 Å². The van der Waals surface area contributed by atoms with Gasteiger partial charge in [-0.2, -0.15) is 0 Å². The SMILES string of the molecule is CC(O)(CCO)c1ccc(-c2cn3cccc3c(=O)[nH]2)cc1. The van der Waals surface area contributed by atoms with Gasteiger partial charge in [0, 0.05) is 25.4 Å². The molecule has 1 atom stereocenters. The molecule has 0 aliphatic carbocycles. The molecule has 1 aromatic carbocycles. The summed E-state index contributed by atoms with van der Waals surface area (Å²) in [4.78, 5) is 14.9. The van der Waals surface area contributed by atoms with Gasteiger partial charge in [0.2, 0.25) is 0 Å². The van der Waals surface area contributed by atoms with Gasteiger partial charge in [-0.15, -0.1) is 0 Å². The zero-order valence-corrected chi connectivity index (χ0v) is 12.3. The Morgan fingerprint density at radius 1 is 1.23 bits per heavy atom. The second-order valence-corrected chi connectivity index (χ2v) is 5.62. The third kappa shape index (κ3) is 2.56. The van der Waals surface area contributed by atoms with Crippen molar-refractivity contribution in [1.82, 2.24) is 9.38 Å². The number of aromatic amines is 1. The molecule has 114 valence electrons. The van der Waals surface area contributed by atoms with Crippen molar-refractivity contribution >= 4 is 5.52 Å². The summed E-state index contributed by atoms with van der Waals surface area (Å²) in [6.45, 7) is 1.60. The Kier molecular flexibility index (Phi) is 3.60. The number of H-pyrrole nitrogens is 1. The Morgan fingerprint density at radius 3 is 2.64 bits per heavy atom. The second kappa shape index (κ2) is 5.44. The van der Waals surface area contributed by atoms with Crippen LogP contribution in [0.25, 0.3) is 16.8 Å². The van der Waals surface area contributed by atoms with Crippen molar-refractivity contribution in [2.24, 2.45) is 0 Å². The van der Waals surface area contributed by atoms with E-state index in [1.165, 1.54) is 0 Å². The number of nitrogens with zero attached hydrogens (tertiary/aromatic N) is 1. The van der Waals surface area contributed by atoms with Gasteiger partial charge in [-0.25, -0.2) is 0 Å². The van der Waals surface area contributed by atoms with E-state index in [-0.39, 0.29) is 18.6 Å². The quantitative estimate of drug-likeness (QED) is 0.688. The highest BCUT2D eigenvalue weighted by Crippen LogP contribution is 2.26. The van der Waals surface area contributed by atoms with Crippen LogP contribution in [0.2, 0.25) is 0 Å². The predicted molar refractivity (Wildman–Crippen MR) is 84.7 cm³/mol. The van der Waals surface area contributed by atoms with Crippen LogP contribution >= 0.6 is 0 Å². The molecule has 0 radical (unpaired) electrons. The third-order valence-electron chi connectivity index (χ3n) is 3.94. The fraction of sp³-hybridized carbons (Fsp3) is 0.235. The molecule has 5 nitrogen and oxygen atoms in total. The summed E-state index contributed by atoms with van der Waals surface area (Å²) in [6, 6.07) is 10.9. The summed E-state index contributed by atoms with van der Waals surface area (Å²) < 4.78 is 1.78. The van der Waals surface area contributed by atoms with E-state index in [1.54, 1.807) is 17.4 Å². The van der Waals surface area contributed by atoms with E-state index < -0.39 is 5.60 Å². The zero-order valence-electron chi connectivity index (χ0n) is 12.3. The summed E-state index contributed by atoms with van der Waals surface area (Å²) in [7, 11) is 0. The van der Waals surface area contributed by atoms with Gasteiger partial charge in [-0.3, -0.25) is 4.79 Å². The van der Waals surface area contributed by atoms with Crippen molar-refractivity contribution in [3.8, 4) is 11.3 Å². The molecule has 3 rings (SSSR count). The van der Waals surface area contributed by atoms with Crippen LogP contribution in [-0.2, 0) is 5.60 Å². The largest absolute Gasteiger partial charge is 0.396 e. The molecule has 0 aliphatic rings. The van der Waals surface area contributed by atoms with Crippen LogP contribution in [0.1, 0.15) is 18.9 Å². The molecule has 2 heterocycles. The van der Waals surface area contributed by atoms with Crippen LogP contribution in [0.3, 0.4) is 0 Å². The minimum Gasteiger partial charge on any atom is -0.396 e. The van der Waals surface area contributed by atoms with Crippen LogP contribution in [0.5, 0.6) is 0 Å². The number of rotatable bonds is 4. The fourth-order valence-corrected chi connectivity index (χ4v) is 2.57. The van der Waals surface area contributed by atoms with Gasteiger partial charge in [-0.05, 0) is 30.2 Å². The molecule has 0 bridgehead atoms. The lowest BCUT2D eigenvalue weighted by atomic mass is 9.92. The van der Waals surface area contributed by atoms with E-state index in [0.29, 0.717) is 11.2 Å². The Hall–Kier alpha value is -2.37. The minimum atomic E-state index is -1.06. The van der Waals surface area contributed by atoms with Crippen LogP contribution < -0.4 is 5.56 Å². The monoisotopic (exact) mass is 298 g/mol. The molecule has 0 spiro atoms. The highest BCUT2D eigenvalue weighted by Gasteiger charge is 2.22. The molecular formula is C17H18N2O3. The molecule has 22 heavy (non-hydrogen) atoms. The zero-order chi connectivity index (χ0) is 15.7. The molecule has 3 aromatic rings. The van der Waals surface area contributed by atoms with E-state index in [4.69, 9.17) is 5.11 Å². The molecule has 2 aromatic heterocycles. The van der Waals surface area contributed by atoms with E-state index >= 15 is 0 Å². The molecular weight excluding hydrogens is 280 g/mol. The van der Waals surface area contributed by atoms with Crippen molar-refractivity contribution in [1.29, 1.82) is 0 Å². The van der Waals surface area contributed by atoms with Gasteiger partial charge in [-0.1, -0.05) is 24.3 Å². The van der Waals surface area contributed by atoms with Crippen molar-refractivity contribution < 1.29 is 10.2 Å². The first-order chi connectivity index (χ1) is 10.5. The Bertz CT molecular complexity index is 844. The number of fused-ring (bicyclic) bond motifs is 1. The van der Waals surface area contributed by atoms with Crippen LogP contribution in [0.15, 0.2) is 53.6 Å². The van der Waals surface area contributed by atoms with Gasteiger partial charge >= 0.3 is 0 Å². The fourth-order valence-electron chi connectivity index (χ4n) is 2.57. The molecule has 3 N–H and O–H groups in total. The molecule has 5 heteroatoms. The number of aromatic nitrogens is 2. The molecule has 0 fully saturated rings. The van der Waals surface area contributed by atoms with Gasteiger partial charge < -0.3 is 19.6 Å². The summed E-state index contributed by atoms with van der Waals surface area (Å²) in [5, 5.41) is 19.3. The Morgan fingerprint density at radius 2 is 1.95 bits per heavy atom. The van der Waals surface area contributed by atoms with Crippen molar-refractivity contribution in [2.75, 3.05) is 6.61 Å². The lowest BCUT2D eigenvalue weighted by Gasteiger charge is -2.23. The van der Waals surface area contributed by atoms with E-state index in [2.05, 4.69) is 4.98 Å². The molecule has 1 unspecified atom stereocenters. The number of hydrogen-bond donors (Lipinski definition) is 3. The lowest BCUT2D eigenvalue weighted by molar-refractivity contribution is 0.0299. The number of aliphatic hydroxyl groups is 2. The third-order valence-corrected chi connectivity index (χ3v) is 3.94. The topological polar surface area (TPSA) is 77.7 Å². The van der Waals surface area contributed by atoms with Crippen LogP contribution in [-0.4, -0.2) is 26.2 Å². The maximum atomic E-state index is 12.0. The Labute approximate surface area is 127 Å². The molecule has 0 aliphatic heterocycles. The lowest BCUT2D eigenvalue weighted by Crippen LogP contribution is -2.22. The number of nitrogens with one attached hydrogen (secondary N) is 1. The van der Waals surface area contributed by atoms with E-state index in [0.717, 1.165) is 11.1 Å². The van der Waals surface area contributed by atoms with E-state index in [1.807, 2.05) is 42.7 Å². The second-order valence-electron chi connectivity index (χ2n) is 5.62. The average Bonchev–Trinajstić information content (AvgIpc) is 2.96. The molecule has 0 saturated carbocycles. The highest BCUT2D eigenvalue weighted by molar-refractivity contribution is 5.61. The normalized spacial score (nSPS) is 14.1. The number of aliphatic hydroxyl groups excluding tert-OH is 1. The van der Waals surface area contributed by atoms with Crippen molar-refractivity contribution in [2.45, 2.75) is 18.9 Å². The predicted octanol–water partition coefficient (Wildman–Crippen LogP) is 1.88. The summed E-state index contributed by atoms with van der Waals surface area (Å²) in [6.07, 6.45) is 3.96. The number of hydrogen-bond acceptors (Lipinski definition) is 3. The van der Waals surface area contributed by atoms with Crippen LogP contribution in [0.4, 0.5) is 0 Å². The summed E-state index contributed by atoms with van der Waals surface area (Å²) >= 11 is 0.